The topological polar surface area (TPSA) is 91.3 Å². The Balaban J connectivity index is 2.14. The molecule has 7 atom stereocenters. The van der Waals surface area contributed by atoms with Crippen LogP contribution in [0.3, 0.4) is 0 Å². The van der Waals surface area contributed by atoms with E-state index in [-0.39, 0.29) is 23.9 Å². The average Bonchev–Trinajstić information content (AvgIpc) is 2.66. The van der Waals surface area contributed by atoms with Crippen molar-refractivity contribution in [3.05, 3.63) is 24.8 Å². The lowest BCUT2D eigenvalue weighted by molar-refractivity contribution is -0.308. The van der Waals surface area contributed by atoms with Gasteiger partial charge in [0.2, 0.25) is 0 Å². The summed E-state index contributed by atoms with van der Waals surface area (Å²) in [7, 11) is 0. The molecule has 1 aliphatic carbocycles. The Morgan fingerprint density at radius 1 is 1.19 bits per heavy atom. The fraction of sp³-hybridized carbons (Fsp3) is 0.750. The van der Waals surface area contributed by atoms with E-state index in [1.807, 2.05) is 19.9 Å². The fourth-order valence-electron chi connectivity index (χ4n) is 4.88. The first-order valence-electron chi connectivity index (χ1n) is 10.9. The molecular formula is C24H38O7. The van der Waals surface area contributed by atoms with Crippen molar-refractivity contribution >= 4 is 11.9 Å². The smallest absolute Gasteiger partial charge is 0.303 e. The monoisotopic (exact) mass is 438 g/mol. The van der Waals surface area contributed by atoms with Crippen molar-refractivity contribution in [2.24, 2.45) is 17.3 Å². The van der Waals surface area contributed by atoms with Gasteiger partial charge in [-0.15, -0.1) is 6.58 Å². The zero-order valence-corrected chi connectivity index (χ0v) is 19.7. The second kappa shape index (κ2) is 9.84. The van der Waals surface area contributed by atoms with Gasteiger partial charge < -0.3 is 24.1 Å². The van der Waals surface area contributed by atoms with Crippen molar-refractivity contribution in [3.8, 4) is 0 Å². The number of hydrogen-bond donors (Lipinski definition) is 1. The van der Waals surface area contributed by atoms with Gasteiger partial charge in [-0.3, -0.25) is 9.59 Å². The summed E-state index contributed by atoms with van der Waals surface area (Å²) in [5.74, 6) is -0.639. The summed E-state index contributed by atoms with van der Waals surface area (Å²) in [6.45, 7) is 18.9. The Bertz CT molecular complexity index is 700. The van der Waals surface area contributed by atoms with Crippen LogP contribution in [0.25, 0.3) is 0 Å². The molecule has 0 radical (unpaired) electrons. The molecule has 2 aliphatic rings. The zero-order chi connectivity index (χ0) is 23.6. The van der Waals surface area contributed by atoms with Crippen LogP contribution in [0.4, 0.5) is 0 Å². The van der Waals surface area contributed by atoms with Crippen molar-refractivity contribution in [2.75, 3.05) is 6.61 Å². The Morgan fingerprint density at radius 2 is 1.81 bits per heavy atom. The quantitative estimate of drug-likeness (QED) is 0.480. The minimum absolute atomic E-state index is 0.00304. The van der Waals surface area contributed by atoms with Crippen molar-refractivity contribution in [1.82, 2.24) is 0 Å². The number of ether oxygens (including phenoxy) is 4. The highest BCUT2D eigenvalue weighted by atomic mass is 16.7. The van der Waals surface area contributed by atoms with Gasteiger partial charge in [-0.25, -0.2) is 0 Å². The molecule has 0 aromatic carbocycles. The van der Waals surface area contributed by atoms with E-state index in [0.717, 1.165) is 24.8 Å². The third kappa shape index (κ3) is 5.96. The third-order valence-electron chi connectivity index (χ3n) is 6.84. The third-order valence-corrected chi connectivity index (χ3v) is 6.84. The summed E-state index contributed by atoms with van der Waals surface area (Å²) in [6, 6.07) is 0. The van der Waals surface area contributed by atoms with Crippen LogP contribution < -0.4 is 0 Å². The van der Waals surface area contributed by atoms with E-state index in [0.29, 0.717) is 0 Å². The molecule has 0 aromatic heterocycles. The molecule has 7 nitrogen and oxygen atoms in total. The number of carbonyl (C=O) groups excluding carboxylic acids is 2. The largest absolute Gasteiger partial charge is 0.456 e. The van der Waals surface area contributed by atoms with E-state index in [9.17, 15) is 14.7 Å². The van der Waals surface area contributed by atoms with Crippen molar-refractivity contribution in [2.45, 2.75) is 91.0 Å². The lowest BCUT2D eigenvalue weighted by Crippen LogP contribution is -2.58. The van der Waals surface area contributed by atoms with E-state index >= 15 is 0 Å². The standard InChI is InChI=1S/C24H38O7/c1-9-24(8)11-10-17(12-18(24)14(2)3)23(6,7)31-22-20(27)21(30-16(5)26)19(13-28-22)29-15(4)25/h9,17-22,27H,1-2,10-13H2,3-8H3. The summed E-state index contributed by atoms with van der Waals surface area (Å²) in [4.78, 5) is 22.9. The highest BCUT2D eigenvalue weighted by molar-refractivity contribution is 5.67. The average molecular weight is 439 g/mol. The summed E-state index contributed by atoms with van der Waals surface area (Å²) in [5.41, 5.74) is 0.504. The summed E-state index contributed by atoms with van der Waals surface area (Å²) in [5, 5.41) is 10.8. The summed E-state index contributed by atoms with van der Waals surface area (Å²) < 4.78 is 22.4. The molecular weight excluding hydrogens is 400 g/mol. The van der Waals surface area contributed by atoms with Gasteiger partial charge in [-0.1, -0.05) is 25.2 Å². The lowest BCUT2D eigenvalue weighted by Gasteiger charge is -2.49. The molecule has 1 aliphatic heterocycles. The molecule has 7 heteroatoms. The van der Waals surface area contributed by atoms with E-state index in [4.69, 9.17) is 18.9 Å². The SMILES string of the molecule is C=CC1(C)CCC(C(C)(C)OC2OCC(OC(C)=O)C(OC(C)=O)C2O)CC1C(=C)C. The second-order valence-electron chi connectivity index (χ2n) is 9.72. The Kier molecular flexibility index (Phi) is 8.11. The van der Waals surface area contributed by atoms with Crippen LogP contribution in [0.5, 0.6) is 0 Å². The maximum absolute atomic E-state index is 11.5. The molecule has 0 spiro atoms. The van der Waals surface area contributed by atoms with Crippen molar-refractivity contribution < 1.29 is 33.6 Å². The number of aliphatic hydroxyl groups excluding tert-OH is 1. The van der Waals surface area contributed by atoms with Gasteiger partial charge in [0.25, 0.3) is 0 Å². The Hall–Kier alpha value is -1.70. The first-order valence-corrected chi connectivity index (χ1v) is 10.9. The molecule has 1 N–H and O–H groups in total. The highest BCUT2D eigenvalue weighted by Gasteiger charge is 2.49. The zero-order valence-electron chi connectivity index (χ0n) is 19.7. The number of aliphatic hydroxyl groups is 1. The Labute approximate surface area is 185 Å². The molecule has 0 aromatic rings. The summed E-state index contributed by atoms with van der Waals surface area (Å²) in [6.07, 6.45) is 0.558. The van der Waals surface area contributed by atoms with Crippen LogP contribution >= 0.6 is 0 Å². The first kappa shape index (κ1) is 25.6. The lowest BCUT2D eigenvalue weighted by atomic mass is 9.60. The normalized spacial score (nSPS) is 36.4. The predicted octanol–water partition coefficient (Wildman–Crippen LogP) is 3.55. The molecule has 2 fully saturated rings. The van der Waals surface area contributed by atoms with Crippen LogP contribution in [0.2, 0.25) is 0 Å². The van der Waals surface area contributed by atoms with Crippen LogP contribution in [0.1, 0.15) is 60.8 Å². The number of hydrogen-bond acceptors (Lipinski definition) is 7. The predicted molar refractivity (Wildman–Crippen MR) is 116 cm³/mol. The van der Waals surface area contributed by atoms with Gasteiger partial charge in [0.1, 0.15) is 6.10 Å². The maximum Gasteiger partial charge on any atom is 0.303 e. The minimum atomic E-state index is -1.29. The fourth-order valence-corrected chi connectivity index (χ4v) is 4.88. The van der Waals surface area contributed by atoms with Crippen LogP contribution in [0, 0.1) is 17.3 Å². The molecule has 2 rings (SSSR count). The molecule has 0 bridgehead atoms. The van der Waals surface area contributed by atoms with Gasteiger partial charge in [0.15, 0.2) is 18.5 Å². The van der Waals surface area contributed by atoms with Gasteiger partial charge in [-0.05, 0) is 57.3 Å². The molecule has 0 amide bonds. The molecule has 1 saturated carbocycles. The van der Waals surface area contributed by atoms with Crippen LogP contribution in [0.15, 0.2) is 24.8 Å². The van der Waals surface area contributed by atoms with Crippen LogP contribution in [-0.2, 0) is 28.5 Å². The van der Waals surface area contributed by atoms with Gasteiger partial charge >= 0.3 is 11.9 Å². The van der Waals surface area contributed by atoms with E-state index in [1.165, 1.54) is 13.8 Å². The second-order valence-corrected chi connectivity index (χ2v) is 9.72. The van der Waals surface area contributed by atoms with E-state index in [1.54, 1.807) is 0 Å². The van der Waals surface area contributed by atoms with Crippen molar-refractivity contribution in [1.29, 1.82) is 0 Å². The van der Waals surface area contributed by atoms with Crippen LogP contribution in [-0.4, -0.2) is 53.9 Å². The first-order chi connectivity index (χ1) is 14.3. The number of allylic oxidation sites excluding steroid dienone is 2. The minimum Gasteiger partial charge on any atom is -0.456 e. The maximum atomic E-state index is 11.5. The molecule has 7 unspecified atom stereocenters. The molecule has 176 valence electrons. The number of rotatable bonds is 7. The molecule has 1 heterocycles. The van der Waals surface area contributed by atoms with Crippen molar-refractivity contribution in [3.63, 3.8) is 0 Å². The number of esters is 2. The molecule has 31 heavy (non-hydrogen) atoms. The number of carbonyl (C=O) groups is 2. The van der Waals surface area contributed by atoms with E-state index in [2.05, 4.69) is 27.0 Å². The van der Waals surface area contributed by atoms with Gasteiger partial charge in [0, 0.05) is 13.8 Å². The summed E-state index contributed by atoms with van der Waals surface area (Å²) >= 11 is 0. The molecule has 1 saturated heterocycles. The van der Waals surface area contributed by atoms with Gasteiger partial charge in [-0.2, -0.15) is 0 Å². The Morgan fingerprint density at radius 3 is 2.32 bits per heavy atom. The van der Waals surface area contributed by atoms with E-state index < -0.39 is 42.1 Å². The van der Waals surface area contributed by atoms with Gasteiger partial charge in [0.05, 0.1) is 12.2 Å². The highest BCUT2D eigenvalue weighted by Crippen LogP contribution is 2.50.